The zero-order valence-corrected chi connectivity index (χ0v) is 14.7. The lowest BCUT2D eigenvalue weighted by atomic mass is 9.95. The molecule has 25 heavy (non-hydrogen) atoms. The highest BCUT2D eigenvalue weighted by atomic mass is 32.2. The molecule has 1 fully saturated rings. The Kier molecular flexibility index (Phi) is 3.60. The first-order valence-corrected chi connectivity index (χ1v) is 9.69. The monoisotopic (exact) mass is 353 g/mol. The molecule has 2 aromatic rings. The Morgan fingerprint density at radius 2 is 1.36 bits per heavy atom. The number of ether oxygens (including phenoxy) is 1. The smallest absolute Gasteiger partial charge is 0.238 e. The first-order chi connectivity index (χ1) is 11.9. The summed E-state index contributed by atoms with van der Waals surface area (Å²) in [6.07, 6.45) is 6.95. The fraction of sp³-hybridized carbons (Fsp3) is 0.200. The van der Waals surface area contributed by atoms with E-state index < -0.39 is 10.0 Å². The molecule has 0 heterocycles. The minimum absolute atomic E-state index is 0.131. The van der Waals surface area contributed by atoms with E-state index in [0.717, 1.165) is 35.3 Å². The van der Waals surface area contributed by atoms with Gasteiger partial charge in [-0.15, -0.1) is 0 Å². The number of rotatable bonds is 4. The lowest BCUT2D eigenvalue weighted by Gasteiger charge is -2.11. The summed E-state index contributed by atoms with van der Waals surface area (Å²) in [5, 5.41) is 5.19. The van der Waals surface area contributed by atoms with E-state index in [-0.39, 0.29) is 10.3 Å². The summed E-state index contributed by atoms with van der Waals surface area (Å²) < 4.78 is 28.2. The van der Waals surface area contributed by atoms with Crippen LogP contribution in [0.25, 0.3) is 11.1 Å². The van der Waals surface area contributed by atoms with E-state index in [4.69, 9.17) is 9.88 Å². The predicted octanol–water partition coefficient (Wildman–Crippen LogP) is 3.60. The summed E-state index contributed by atoms with van der Waals surface area (Å²) >= 11 is 0. The van der Waals surface area contributed by atoms with Crippen molar-refractivity contribution in [1.29, 1.82) is 0 Å². The Morgan fingerprint density at radius 1 is 0.880 bits per heavy atom. The number of hydrogen-bond donors (Lipinski definition) is 1. The molecule has 0 aromatic heterocycles. The third-order valence-electron chi connectivity index (χ3n) is 4.88. The van der Waals surface area contributed by atoms with Crippen LogP contribution in [0.1, 0.15) is 24.0 Å². The van der Waals surface area contributed by atoms with Gasteiger partial charge in [-0.05, 0) is 59.4 Å². The molecule has 0 radical (unpaired) electrons. The van der Waals surface area contributed by atoms with Crippen LogP contribution in [0.2, 0.25) is 0 Å². The summed E-state index contributed by atoms with van der Waals surface area (Å²) in [6.45, 7) is 0. The van der Waals surface area contributed by atoms with Crippen LogP contribution in [-0.2, 0) is 10.0 Å². The van der Waals surface area contributed by atoms with Gasteiger partial charge in [-0.25, -0.2) is 13.6 Å². The first-order valence-electron chi connectivity index (χ1n) is 8.14. The highest BCUT2D eigenvalue weighted by Gasteiger charge is 2.43. The summed E-state index contributed by atoms with van der Waals surface area (Å²) in [4.78, 5) is 0.131. The predicted molar refractivity (Wildman–Crippen MR) is 98.4 cm³/mol. The van der Waals surface area contributed by atoms with E-state index in [1.807, 2.05) is 24.3 Å². The van der Waals surface area contributed by atoms with Crippen LogP contribution >= 0.6 is 0 Å². The molecule has 2 aliphatic rings. The van der Waals surface area contributed by atoms with Gasteiger partial charge < -0.3 is 4.74 Å². The molecule has 0 aliphatic heterocycles. The maximum Gasteiger partial charge on any atom is 0.238 e. The fourth-order valence-corrected chi connectivity index (χ4v) is 3.79. The normalized spacial score (nSPS) is 18.0. The second kappa shape index (κ2) is 5.58. The van der Waals surface area contributed by atoms with Gasteiger partial charge in [-0.3, -0.25) is 0 Å². The third kappa shape index (κ3) is 3.01. The van der Waals surface area contributed by atoms with E-state index >= 15 is 0 Å². The Bertz CT molecular complexity index is 980. The third-order valence-corrected chi connectivity index (χ3v) is 5.81. The molecule has 2 N–H and O–H groups in total. The SMILES string of the molecule is COc1ccc(C2=CC3(C=C2c2ccc(S(N)(=O)=O)cc2)CC3)cc1. The van der Waals surface area contributed by atoms with Crippen molar-refractivity contribution in [1.82, 2.24) is 0 Å². The minimum atomic E-state index is -3.67. The molecular weight excluding hydrogens is 334 g/mol. The average molecular weight is 353 g/mol. The quantitative estimate of drug-likeness (QED) is 0.913. The van der Waals surface area contributed by atoms with Gasteiger partial charge in [0.25, 0.3) is 0 Å². The van der Waals surface area contributed by atoms with Gasteiger partial charge in [-0.1, -0.05) is 36.4 Å². The maximum atomic E-state index is 11.5. The zero-order valence-electron chi connectivity index (χ0n) is 13.9. The molecule has 0 unspecified atom stereocenters. The molecule has 5 heteroatoms. The van der Waals surface area contributed by atoms with Gasteiger partial charge in [0.1, 0.15) is 5.75 Å². The second-order valence-corrected chi connectivity index (χ2v) is 8.21. The van der Waals surface area contributed by atoms with Crippen molar-refractivity contribution in [3.05, 3.63) is 71.8 Å². The van der Waals surface area contributed by atoms with Gasteiger partial charge in [-0.2, -0.15) is 0 Å². The molecule has 4 rings (SSSR count). The van der Waals surface area contributed by atoms with Gasteiger partial charge in [0, 0.05) is 5.41 Å². The van der Waals surface area contributed by atoms with Crippen molar-refractivity contribution >= 4 is 21.2 Å². The van der Waals surface area contributed by atoms with E-state index in [2.05, 4.69) is 24.3 Å². The first kappa shape index (κ1) is 16.1. The number of methoxy groups -OCH3 is 1. The number of nitrogens with two attached hydrogens (primary N) is 1. The number of sulfonamides is 1. The molecular formula is C20H19NO3S. The highest BCUT2D eigenvalue weighted by molar-refractivity contribution is 7.89. The highest BCUT2D eigenvalue weighted by Crippen LogP contribution is 2.57. The van der Waals surface area contributed by atoms with Crippen LogP contribution in [0, 0.1) is 5.41 Å². The Balaban J connectivity index is 1.73. The molecule has 0 bridgehead atoms. The molecule has 1 saturated carbocycles. The van der Waals surface area contributed by atoms with E-state index in [9.17, 15) is 8.42 Å². The number of primary sulfonamides is 1. The fourth-order valence-electron chi connectivity index (χ4n) is 3.28. The zero-order chi connectivity index (χ0) is 17.7. The van der Waals surface area contributed by atoms with Crippen molar-refractivity contribution in [2.75, 3.05) is 7.11 Å². The number of benzene rings is 2. The van der Waals surface area contributed by atoms with Crippen LogP contribution in [-0.4, -0.2) is 15.5 Å². The van der Waals surface area contributed by atoms with Crippen LogP contribution in [0.5, 0.6) is 5.75 Å². The van der Waals surface area contributed by atoms with Gasteiger partial charge in [0.15, 0.2) is 0 Å². The van der Waals surface area contributed by atoms with E-state index in [1.165, 1.54) is 5.57 Å². The lowest BCUT2D eigenvalue weighted by Crippen LogP contribution is -2.11. The Labute approximate surface area is 147 Å². The van der Waals surface area contributed by atoms with Crippen molar-refractivity contribution in [2.45, 2.75) is 17.7 Å². The standard InChI is InChI=1S/C20H19NO3S/c1-24-16-6-2-14(3-7-16)18-12-20(10-11-20)13-19(18)15-4-8-17(9-5-15)25(21,22)23/h2-9,12-13H,10-11H2,1H3,(H2,21,22,23). The Hall–Kier alpha value is -2.37. The van der Waals surface area contributed by atoms with Crippen LogP contribution in [0.15, 0.2) is 65.6 Å². The molecule has 0 atom stereocenters. The van der Waals surface area contributed by atoms with Crippen molar-refractivity contribution in [3.63, 3.8) is 0 Å². The number of allylic oxidation sites excluding steroid dienone is 4. The maximum absolute atomic E-state index is 11.5. The summed E-state index contributed by atoms with van der Waals surface area (Å²) in [5.41, 5.74) is 4.63. The lowest BCUT2D eigenvalue weighted by molar-refractivity contribution is 0.415. The Morgan fingerprint density at radius 3 is 1.76 bits per heavy atom. The molecule has 2 aliphatic carbocycles. The molecule has 128 valence electrons. The number of hydrogen-bond acceptors (Lipinski definition) is 3. The van der Waals surface area contributed by atoms with Gasteiger partial charge in [0.05, 0.1) is 12.0 Å². The van der Waals surface area contributed by atoms with Crippen molar-refractivity contribution in [3.8, 4) is 5.75 Å². The van der Waals surface area contributed by atoms with Gasteiger partial charge in [0.2, 0.25) is 10.0 Å². The van der Waals surface area contributed by atoms with E-state index in [0.29, 0.717) is 0 Å². The van der Waals surface area contributed by atoms with Crippen LogP contribution in [0.3, 0.4) is 0 Å². The summed E-state index contributed by atoms with van der Waals surface area (Å²) in [5.74, 6) is 0.825. The molecule has 0 amide bonds. The van der Waals surface area contributed by atoms with Crippen LogP contribution in [0.4, 0.5) is 0 Å². The van der Waals surface area contributed by atoms with Crippen molar-refractivity contribution < 1.29 is 13.2 Å². The van der Waals surface area contributed by atoms with Crippen LogP contribution < -0.4 is 9.88 Å². The topological polar surface area (TPSA) is 69.4 Å². The second-order valence-electron chi connectivity index (χ2n) is 6.65. The summed E-state index contributed by atoms with van der Waals surface area (Å²) in [7, 11) is -2.02. The largest absolute Gasteiger partial charge is 0.497 e. The molecule has 4 nitrogen and oxygen atoms in total. The molecule has 1 spiro atoms. The summed E-state index contributed by atoms with van der Waals surface area (Å²) in [6, 6.07) is 14.8. The van der Waals surface area contributed by atoms with Gasteiger partial charge >= 0.3 is 0 Å². The van der Waals surface area contributed by atoms with Crippen molar-refractivity contribution in [2.24, 2.45) is 10.6 Å². The minimum Gasteiger partial charge on any atom is -0.497 e. The van der Waals surface area contributed by atoms with E-state index in [1.54, 1.807) is 19.2 Å². The molecule has 0 saturated heterocycles. The molecule has 2 aromatic carbocycles. The average Bonchev–Trinajstić information content (AvgIpc) is 3.25.